The lowest BCUT2D eigenvalue weighted by Gasteiger charge is -2.12. The minimum atomic E-state index is -0.418. The molecule has 0 unspecified atom stereocenters. The van der Waals surface area contributed by atoms with Crippen LogP contribution < -0.4 is 5.73 Å². The Hall–Kier alpha value is -0.860. The molecule has 1 aromatic carbocycles. The van der Waals surface area contributed by atoms with E-state index in [-0.39, 0.29) is 11.1 Å². The Balaban J connectivity index is 2.83. The zero-order valence-electron chi connectivity index (χ0n) is 7.84. The van der Waals surface area contributed by atoms with Crippen LogP contribution >= 0.6 is 11.6 Å². The van der Waals surface area contributed by atoms with Crippen molar-refractivity contribution in [3.8, 4) is 0 Å². The van der Waals surface area contributed by atoms with Crippen molar-refractivity contribution in [2.45, 2.75) is 18.9 Å². The van der Waals surface area contributed by atoms with Crippen LogP contribution in [0.3, 0.4) is 0 Å². The van der Waals surface area contributed by atoms with Gasteiger partial charge in [-0.2, -0.15) is 0 Å². The summed E-state index contributed by atoms with van der Waals surface area (Å²) in [4.78, 5) is 0. The van der Waals surface area contributed by atoms with Crippen molar-refractivity contribution >= 4 is 11.6 Å². The largest absolute Gasteiger partial charge is 0.324 e. The molecule has 0 saturated heterocycles. The second kappa shape index (κ2) is 5.13. The van der Waals surface area contributed by atoms with E-state index in [2.05, 4.69) is 6.58 Å². The van der Waals surface area contributed by atoms with Crippen molar-refractivity contribution in [2.75, 3.05) is 0 Å². The predicted octanol–water partition coefficient (Wildman–Crippen LogP) is 3.45. The Kier molecular flexibility index (Phi) is 4.11. The number of benzene rings is 1. The van der Waals surface area contributed by atoms with Crippen molar-refractivity contribution in [2.24, 2.45) is 5.73 Å². The molecule has 1 nitrogen and oxygen atoms in total. The molecule has 2 N–H and O–H groups in total. The maximum atomic E-state index is 13.1. The van der Waals surface area contributed by atoms with Gasteiger partial charge in [0.05, 0.1) is 5.02 Å². The predicted molar refractivity (Wildman–Crippen MR) is 57.8 cm³/mol. The summed E-state index contributed by atoms with van der Waals surface area (Å²) in [7, 11) is 0. The van der Waals surface area contributed by atoms with Crippen LogP contribution in [0.1, 0.15) is 24.4 Å². The number of nitrogens with two attached hydrogens (primary N) is 1. The quantitative estimate of drug-likeness (QED) is 0.762. The lowest BCUT2D eigenvalue weighted by Crippen LogP contribution is -2.10. The molecule has 0 aliphatic heterocycles. The molecule has 1 atom stereocenters. The van der Waals surface area contributed by atoms with Crippen molar-refractivity contribution in [3.63, 3.8) is 0 Å². The van der Waals surface area contributed by atoms with E-state index in [4.69, 9.17) is 17.3 Å². The molecular weight excluding hydrogens is 201 g/mol. The van der Waals surface area contributed by atoms with Gasteiger partial charge in [0.1, 0.15) is 5.82 Å². The van der Waals surface area contributed by atoms with Crippen LogP contribution in [0.5, 0.6) is 0 Å². The highest BCUT2D eigenvalue weighted by atomic mass is 35.5. The molecule has 3 heteroatoms. The Morgan fingerprint density at radius 1 is 1.57 bits per heavy atom. The summed E-state index contributed by atoms with van der Waals surface area (Å²) in [5, 5.41) is 0.129. The third kappa shape index (κ3) is 2.56. The maximum Gasteiger partial charge on any atom is 0.142 e. The van der Waals surface area contributed by atoms with Gasteiger partial charge in [0.15, 0.2) is 0 Å². The molecule has 0 saturated carbocycles. The number of allylic oxidation sites excluding steroid dienone is 1. The Morgan fingerprint density at radius 2 is 2.29 bits per heavy atom. The Bertz CT molecular complexity index is 325. The molecule has 0 heterocycles. The lowest BCUT2D eigenvalue weighted by atomic mass is 10.0. The Labute approximate surface area is 88.4 Å². The fraction of sp³-hybridized carbons (Fsp3) is 0.273. The third-order valence-electron chi connectivity index (χ3n) is 2.06. The number of halogens is 2. The monoisotopic (exact) mass is 213 g/mol. The van der Waals surface area contributed by atoms with Crippen molar-refractivity contribution in [1.29, 1.82) is 0 Å². The molecule has 0 aliphatic rings. The number of hydrogen-bond donors (Lipinski definition) is 1. The minimum absolute atomic E-state index is 0.129. The molecule has 0 bridgehead atoms. The minimum Gasteiger partial charge on any atom is -0.324 e. The van der Waals surface area contributed by atoms with E-state index in [1.807, 2.05) is 0 Å². The summed E-state index contributed by atoms with van der Waals surface area (Å²) in [5.74, 6) is -0.418. The van der Waals surface area contributed by atoms with E-state index in [1.165, 1.54) is 6.07 Å². The molecule has 0 amide bonds. The van der Waals surface area contributed by atoms with E-state index < -0.39 is 5.82 Å². The van der Waals surface area contributed by atoms with Gasteiger partial charge in [-0.05, 0) is 24.5 Å². The van der Waals surface area contributed by atoms with Gasteiger partial charge in [-0.15, -0.1) is 6.58 Å². The fourth-order valence-corrected chi connectivity index (χ4v) is 1.53. The molecule has 0 radical (unpaired) electrons. The first-order valence-electron chi connectivity index (χ1n) is 4.47. The van der Waals surface area contributed by atoms with E-state index in [9.17, 15) is 4.39 Å². The van der Waals surface area contributed by atoms with Crippen LogP contribution in [0.4, 0.5) is 4.39 Å². The van der Waals surface area contributed by atoms with E-state index in [0.29, 0.717) is 5.56 Å². The second-order valence-electron chi connectivity index (χ2n) is 3.12. The summed E-state index contributed by atoms with van der Waals surface area (Å²) >= 11 is 5.79. The SMILES string of the molecule is C=CCC[C@H](N)c1cccc(F)c1Cl. The molecule has 14 heavy (non-hydrogen) atoms. The lowest BCUT2D eigenvalue weighted by molar-refractivity contribution is 0.612. The van der Waals surface area contributed by atoms with Gasteiger partial charge in [-0.25, -0.2) is 4.39 Å². The standard InChI is InChI=1S/C11H13ClFN/c1-2-3-7-10(14)8-5-4-6-9(13)11(8)12/h2,4-6,10H,1,3,7,14H2/t10-/m0/s1. The van der Waals surface area contributed by atoms with Crippen molar-refractivity contribution in [3.05, 3.63) is 47.3 Å². The molecular formula is C11H13ClFN. The van der Waals surface area contributed by atoms with Crippen LogP contribution in [0.15, 0.2) is 30.9 Å². The van der Waals surface area contributed by atoms with Crippen LogP contribution in [0, 0.1) is 5.82 Å². The molecule has 0 spiro atoms. The van der Waals surface area contributed by atoms with Crippen LogP contribution in [0.25, 0.3) is 0 Å². The number of rotatable bonds is 4. The molecule has 0 fully saturated rings. The smallest absolute Gasteiger partial charge is 0.142 e. The highest BCUT2D eigenvalue weighted by molar-refractivity contribution is 6.31. The average Bonchev–Trinajstić information content (AvgIpc) is 2.18. The van der Waals surface area contributed by atoms with Gasteiger partial charge < -0.3 is 5.73 Å². The van der Waals surface area contributed by atoms with E-state index >= 15 is 0 Å². The van der Waals surface area contributed by atoms with E-state index in [1.54, 1.807) is 18.2 Å². The van der Waals surface area contributed by atoms with Crippen LogP contribution in [0.2, 0.25) is 5.02 Å². The summed E-state index contributed by atoms with van der Waals surface area (Å²) < 4.78 is 13.1. The molecule has 0 aliphatic carbocycles. The zero-order chi connectivity index (χ0) is 10.6. The summed E-state index contributed by atoms with van der Waals surface area (Å²) in [6, 6.07) is 4.46. The van der Waals surface area contributed by atoms with Crippen molar-refractivity contribution < 1.29 is 4.39 Å². The molecule has 76 valence electrons. The third-order valence-corrected chi connectivity index (χ3v) is 2.46. The first-order valence-corrected chi connectivity index (χ1v) is 4.85. The molecule has 1 aromatic rings. The summed E-state index contributed by atoms with van der Waals surface area (Å²) in [5.41, 5.74) is 6.51. The van der Waals surface area contributed by atoms with Gasteiger partial charge in [0, 0.05) is 6.04 Å². The first kappa shape index (κ1) is 11.2. The normalized spacial score (nSPS) is 12.5. The van der Waals surface area contributed by atoms with Gasteiger partial charge in [-0.3, -0.25) is 0 Å². The van der Waals surface area contributed by atoms with Crippen molar-refractivity contribution in [1.82, 2.24) is 0 Å². The molecule has 0 aromatic heterocycles. The highest BCUT2D eigenvalue weighted by Gasteiger charge is 2.11. The summed E-state index contributed by atoms with van der Waals surface area (Å²) in [6.07, 6.45) is 3.31. The zero-order valence-corrected chi connectivity index (χ0v) is 8.60. The second-order valence-corrected chi connectivity index (χ2v) is 3.49. The van der Waals surface area contributed by atoms with Crippen LogP contribution in [-0.2, 0) is 0 Å². The van der Waals surface area contributed by atoms with Gasteiger partial charge in [0.2, 0.25) is 0 Å². The van der Waals surface area contributed by atoms with Gasteiger partial charge >= 0.3 is 0 Å². The first-order chi connectivity index (χ1) is 6.66. The highest BCUT2D eigenvalue weighted by Crippen LogP contribution is 2.26. The maximum absolute atomic E-state index is 13.1. The van der Waals surface area contributed by atoms with Gasteiger partial charge in [0.25, 0.3) is 0 Å². The van der Waals surface area contributed by atoms with E-state index in [0.717, 1.165) is 12.8 Å². The van der Waals surface area contributed by atoms with Gasteiger partial charge in [-0.1, -0.05) is 29.8 Å². The number of hydrogen-bond acceptors (Lipinski definition) is 1. The van der Waals surface area contributed by atoms with Crippen LogP contribution in [-0.4, -0.2) is 0 Å². The molecule has 1 rings (SSSR count). The fourth-order valence-electron chi connectivity index (χ4n) is 1.26. The topological polar surface area (TPSA) is 26.0 Å². The Morgan fingerprint density at radius 3 is 2.93 bits per heavy atom. The summed E-state index contributed by atoms with van der Waals surface area (Å²) in [6.45, 7) is 3.60. The average molecular weight is 214 g/mol.